The zero-order valence-electron chi connectivity index (χ0n) is 14.0. The molecule has 0 aliphatic rings. The third-order valence-corrected chi connectivity index (χ3v) is 3.66. The van der Waals surface area contributed by atoms with Gasteiger partial charge in [0, 0.05) is 5.56 Å². The summed E-state index contributed by atoms with van der Waals surface area (Å²) in [5.41, 5.74) is 6.32. The summed E-state index contributed by atoms with van der Waals surface area (Å²) < 4.78 is 5.31. The highest BCUT2D eigenvalue weighted by Crippen LogP contribution is 2.28. The molecule has 0 radical (unpaired) electrons. The zero-order chi connectivity index (χ0) is 17.6. The summed E-state index contributed by atoms with van der Waals surface area (Å²) in [7, 11) is 1.60. The van der Waals surface area contributed by atoms with Crippen molar-refractivity contribution in [2.45, 2.75) is 6.92 Å². The van der Waals surface area contributed by atoms with Crippen molar-refractivity contribution in [3.8, 4) is 17.0 Å². The van der Waals surface area contributed by atoms with Crippen molar-refractivity contribution in [3.63, 3.8) is 0 Å². The molecule has 0 unspecified atom stereocenters. The van der Waals surface area contributed by atoms with E-state index in [4.69, 9.17) is 4.74 Å². The van der Waals surface area contributed by atoms with E-state index in [2.05, 4.69) is 20.7 Å². The number of amides is 1. The van der Waals surface area contributed by atoms with Crippen LogP contribution in [-0.4, -0.2) is 29.4 Å². The fourth-order valence-electron chi connectivity index (χ4n) is 2.31. The van der Waals surface area contributed by atoms with Gasteiger partial charge in [0.05, 0.1) is 19.0 Å². The molecular weight excluding hydrogens is 316 g/mol. The average molecular weight is 334 g/mol. The number of nitrogens with one attached hydrogen (secondary N) is 2. The van der Waals surface area contributed by atoms with Crippen LogP contribution in [0.2, 0.25) is 0 Å². The smallest absolute Gasteiger partial charge is 0.289 e. The minimum absolute atomic E-state index is 0.321. The van der Waals surface area contributed by atoms with Crippen LogP contribution in [0.3, 0.4) is 0 Å². The first kappa shape index (κ1) is 16.4. The predicted octanol–water partition coefficient (Wildman–Crippen LogP) is 3.16. The Bertz CT molecular complexity index is 898. The van der Waals surface area contributed by atoms with E-state index in [1.807, 2.05) is 55.5 Å². The van der Waals surface area contributed by atoms with Crippen LogP contribution < -0.4 is 10.2 Å². The Labute approximate surface area is 145 Å². The number of hydrazone groups is 1. The minimum Gasteiger partial charge on any atom is -0.496 e. The number of para-hydroxylation sites is 1. The number of hydrogen-bond donors (Lipinski definition) is 2. The Hall–Kier alpha value is -3.41. The average Bonchev–Trinajstić information content (AvgIpc) is 3.13. The summed E-state index contributed by atoms with van der Waals surface area (Å²) in [4.78, 5) is 12.2. The summed E-state index contributed by atoms with van der Waals surface area (Å²) >= 11 is 0. The maximum Gasteiger partial charge on any atom is 0.289 e. The molecule has 0 aliphatic heterocycles. The highest BCUT2D eigenvalue weighted by Gasteiger charge is 2.13. The first-order chi connectivity index (χ1) is 12.2. The van der Waals surface area contributed by atoms with Crippen LogP contribution in [0.15, 0.2) is 59.7 Å². The van der Waals surface area contributed by atoms with Crippen molar-refractivity contribution in [2.75, 3.05) is 7.11 Å². The number of aromatic nitrogens is 2. The van der Waals surface area contributed by atoms with Crippen LogP contribution in [0.4, 0.5) is 0 Å². The van der Waals surface area contributed by atoms with Crippen LogP contribution in [-0.2, 0) is 0 Å². The fourth-order valence-corrected chi connectivity index (χ4v) is 2.31. The van der Waals surface area contributed by atoms with Gasteiger partial charge in [-0.15, -0.1) is 0 Å². The summed E-state index contributed by atoms with van der Waals surface area (Å²) in [6.45, 7) is 2.01. The van der Waals surface area contributed by atoms with Crippen LogP contribution in [0.25, 0.3) is 11.3 Å². The number of aromatic amines is 1. The second-order valence-electron chi connectivity index (χ2n) is 5.48. The Morgan fingerprint density at radius 2 is 1.96 bits per heavy atom. The van der Waals surface area contributed by atoms with Crippen molar-refractivity contribution in [1.29, 1.82) is 0 Å². The number of rotatable bonds is 5. The predicted molar refractivity (Wildman–Crippen MR) is 96.8 cm³/mol. The fraction of sp³-hybridized carbons (Fsp3) is 0.105. The molecule has 1 heterocycles. The van der Waals surface area contributed by atoms with Gasteiger partial charge in [-0.2, -0.15) is 10.2 Å². The van der Waals surface area contributed by atoms with Crippen molar-refractivity contribution in [1.82, 2.24) is 15.6 Å². The molecular formula is C19H18N4O2. The largest absolute Gasteiger partial charge is 0.496 e. The lowest BCUT2D eigenvalue weighted by Gasteiger charge is -2.04. The molecule has 6 heteroatoms. The summed E-state index contributed by atoms with van der Waals surface area (Å²) in [5, 5.41) is 10.9. The molecule has 3 rings (SSSR count). The van der Waals surface area contributed by atoms with E-state index in [1.165, 1.54) is 5.56 Å². The monoisotopic (exact) mass is 334 g/mol. The van der Waals surface area contributed by atoms with Gasteiger partial charge >= 0.3 is 0 Å². The summed E-state index contributed by atoms with van der Waals surface area (Å²) in [6, 6.07) is 17.0. The van der Waals surface area contributed by atoms with Crippen LogP contribution in [0, 0.1) is 6.92 Å². The van der Waals surface area contributed by atoms with E-state index in [0.29, 0.717) is 17.1 Å². The van der Waals surface area contributed by atoms with Gasteiger partial charge in [0.25, 0.3) is 5.91 Å². The molecule has 3 aromatic rings. The third-order valence-electron chi connectivity index (χ3n) is 3.66. The van der Waals surface area contributed by atoms with Crippen LogP contribution in [0.1, 0.15) is 21.6 Å². The lowest BCUT2D eigenvalue weighted by Crippen LogP contribution is -2.17. The Morgan fingerprint density at radius 1 is 1.20 bits per heavy atom. The highest BCUT2D eigenvalue weighted by atomic mass is 16.5. The molecule has 0 saturated heterocycles. The lowest BCUT2D eigenvalue weighted by molar-refractivity contribution is 0.0950. The Kier molecular flexibility index (Phi) is 4.89. The molecule has 2 N–H and O–H groups in total. The maximum atomic E-state index is 12.2. The van der Waals surface area contributed by atoms with Crippen molar-refractivity contribution in [2.24, 2.45) is 5.10 Å². The number of hydrogen-bond acceptors (Lipinski definition) is 4. The maximum absolute atomic E-state index is 12.2. The third kappa shape index (κ3) is 3.92. The zero-order valence-corrected chi connectivity index (χ0v) is 14.0. The number of carbonyl (C=O) groups excluding carboxylic acids is 1. The Balaban J connectivity index is 1.69. The summed E-state index contributed by atoms with van der Waals surface area (Å²) in [5.74, 6) is 0.329. The van der Waals surface area contributed by atoms with Gasteiger partial charge in [-0.3, -0.25) is 9.89 Å². The van der Waals surface area contributed by atoms with Gasteiger partial charge in [0.15, 0.2) is 0 Å². The van der Waals surface area contributed by atoms with Crippen LogP contribution in [0.5, 0.6) is 5.75 Å². The molecule has 6 nitrogen and oxygen atoms in total. The number of methoxy groups -OCH3 is 1. The second kappa shape index (κ2) is 7.44. The molecule has 0 atom stereocenters. The van der Waals surface area contributed by atoms with Crippen molar-refractivity contribution < 1.29 is 9.53 Å². The number of nitrogens with zero attached hydrogens (tertiary/aromatic N) is 2. The van der Waals surface area contributed by atoms with Crippen molar-refractivity contribution in [3.05, 3.63) is 71.4 Å². The number of H-pyrrole nitrogens is 1. The van der Waals surface area contributed by atoms with E-state index < -0.39 is 0 Å². The van der Waals surface area contributed by atoms with Gasteiger partial charge in [-0.05, 0) is 30.7 Å². The minimum atomic E-state index is -0.364. The number of aryl methyl sites for hydroxylation is 1. The molecule has 0 bridgehead atoms. The highest BCUT2D eigenvalue weighted by molar-refractivity contribution is 5.94. The standard InChI is InChI=1S/C19H18N4O2/c1-13-7-9-14(10-8-13)12-20-23-19(24)17-11-16(21-22-17)15-5-3-4-6-18(15)25-2/h3-12H,1-2H3,(H,21,22)(H,23,24)/b20-12+. The topological polar surface area (TPSA) is 79.4 Å². The lowest BCUT2D eigenvalue weighted by atomic mass is 10.1. The summed E-state index contributed by atoms with van der Waals surface area (Å²) in [6.07, 6.45) is 1.59. The molecule has 0 fully saturated rings. The molecule has 0 spiro atoms. The molecule has 0 aliphatic carbocycles. The van der Waals surface area contributed by atoms with Crippen molar-refractivity contribution >= 4 is 12.1 Å². The van der Waals surface area contributed by atoms with Crippen LogP contribution >= 0.6 is 0 Å². The molecule has 1 aromatic heterocycles. The number of carbonyl (C=O) groups is 1. The molecule has 126 valence electrons. The normalized spacial score (nSPS) is 10.8. The van der Waals surface area contributed by atoms with Gasteiger partial charge in [-0.1, -0.05) is 42.0 Å². The van der Waals surface area contributed by atoms with E-state index >= 15 is 0 Å². The second-order valence-corrected chi connectivity index (χ2v) is 5.48. The Morgan fingerprint density at radius 3 is 2.72 bits per heavy atom. The van der Waals surface area contributed by atoms with Gasteiger partial charge < -0.3 is 4.74 Å². The SMILES string of the molecule is COc1ccccc1-c1cc(C(=O)N/N=C/c2ccc(C)cc2)[nH]n1. The van der Waals surface area contributed by atoms with Gasteiger partial charge in [0.1, 0.15) is 11.4 Å². The van der Waals surface area contributed by atoms with Gasteiger partial charge in [-0.25, -0.2) is 5.43 Å². The van der Waals surface area contributed by atoms with E-state index in [-0.39, 0.29) is 5.91 Å². The molecule has 0 saturated carbocycles. The van der Waals surface area contributed by atoms with E-state index in [0.717, 1.165) is 11.1 Å². The molecule has 25 heavy (non-hydrogen) atoms. The first-order valence-electron chi connectivity index (χ1n) is 7.76. The number of ether oxygens (including phenoxy) is 1. The molecule has 2 aromatic carbocycles. The van der Waals surface area contributed by atoms with E-state index in [9.17, 15) is 4.79 Å². The van der Waals surface area contributed by atoms with Gasteiger partial charge in [0.2, 0.25) is 0 Å². The van der Waals surface area contributed by atoms with E-state index in [1.54, 1.807) is 19.4 Å². The number of benzene rings is 2. The molecule has 1 amide bonds. The quantitative estimate of drug-likeness (QED) is 0.556. The first-order valence-corrected chi connectivity index (χ1v) is 7.76.